The SMILES string of the molecule is Cn1cnc2cc(C(=O)N3Cc4ccccc4OC(C)(C)C3)ccc21. The Morgan fingerprint density at radius 1 is 1.20 bits per heavy atom. The molecule has 0 saturated heterocycles. The zero-order valence-corrected chi connectivity index (χ0v) is 14.7. The van der Waals surface area contributed by atoms with Crippen molar-refractivity contribution in [1.82, 2.24) is 14.5 Å². The average Bonchev–Trinajstić information content (AvgIpc) is 2.88. The minimum Gasteiger partial charge on any atom is -0.486 e. The lowest BCUT2D eigenvalue weighted by Gasteiger charge is -2.29. The van der Waals surface area contributed by atoms with Gasteiger partial charge in [-0.3, -0.25) is 4.79 Å². The zero-order valence-electron chi connectivity index (χ0n) is 14.7. The van der Waals surface area contributed by atoms with Crippen molar-refractivity contribution >= 4 is 16.9 Å². The van der Waals surface area contributed by atoms with E-state index in [0.29, 0.717) is 18.7 Å². The van der Waals surface area contributed by atoms with Crippen LogP contribution in [0.3, 0.4) is 0 Å². The van der Waals surface area contributed by atoms with E-state index in [1.165, 1.54) is 0 Å². The molecule has 0 fully saturated rings. The molecule has 1 amide bonds. The van der Waals surface area contributed by atoms with Crippen molar-refractivity contribution in [2.75, 3.05) is 6.54 Å². The molecule has 5 nitrogen and oxygen atoms in total. The quantitative estimate of drug-likeness (QED) is 0.685. The van der Waals surface area contributed by atoms with Gasteiger partial charge in [-0.05, 0) is 38.1 Å². The number of para-hydroxylation sites is 1. The molecule has 0 aliphatic carbocycles. The molecule has 0 unspecified atom stereocenters. The molecule has 2 heterocycles. The molecule has 25 heavy (non-hydrogen) atoms. The van der Waals surface area contributed by atoms with Crippen LogP contribution in [0.1, 0.15) is 29.8 Å². The predicted octanol–water partition coefficient (Wildman–Crippen LogP) is 3.39. The Kier molecular flexibility index (Phi) is 3.53. The molecular weight excluding hydrogens is 314 g/mol. The first-order chi connectivity index (χ1) is 11.9. The number of imidazole rings is 1. The molecule has 1 aliphatic rings. The zero-order chi connectivity index (χ0) is 17.6. The first-order valence-electron chi connectivity index (χ1n) is 8.40. The number of aromatic nitrogens is 2. The van der Waals surface area contributed by atoms with Gasteiger partial charge in [0.05, 0.1) is 23.9 Å². The van der Waals surface area contributed by atoms with E-state index in [1.54, 1.807) is 6.33 Å². The summed E-state index contributed by atoms with van der Waals surface area (Å²) < 4.78 is 8.07. The molecule has 4 rings (SSSR count). The maximum absolute atomic E-state index is 13.1. The van der Waals surface area contributed by atoms with Gasteiger partial charge in [0.25, 0.3) is 5.91 Å². The van der Waals surface area contributed by atoms with E-state index < -0.39 is 5.60 Å². The van der Waals surface area contributed by atoms with E-state index in [4.69, 9.17) is 4.74 Å². The van der Waals surface area contributed by atoms with Crippen molar-refractivity contribution in [3.05, 3.63) is 59.9 Å². The minimum atomic E-state index is -0.447. The van der Waals surface area contributed by atoms with Crippen LogP contribution >= 0.6 is 0 Å². The van der Waals surface area contributed by atoms with E-state index in [9.17, 15) is 4.79 Å². The molecule has 3 aromatic rings. The number of hydrogen-bond acceptors (Lipinski definition) is 3. The molecule has 1 aromatic heterocycles. The smallest absolute Gasteiger partial charge is 0.254 e. The fourth-order valence-corrected chi connectivity index (χ4v) is 3.38. The van der Waals surface area contributed by atoms with Gasteiger partial charge < -0.3 is 14.2 Å². The number of aryl methyl sites for hydroxylation is 1. The number of rotatable bonds is 1. The Hall–Kier alpha value is -2.82. The molecular formula is C20H21N3O2. The van der Waals surface area contributed by atoms with Gasteiger partial charge >= 0.3 is 0 Å². The lowest BCUT2D eigenvalue weighted by Crippen LogP contribution is -2.43. The highest BCUT2D eigenvalue weighted by atomic mass is 16.5. The maximum atomic E-state index is 13.1. The molecule has 0 bridgehead atoms. The lowest BCUT2D eigenvalue weighted by atomic mass is 10.1. The van der Waals surface area contributed by atoms with Gasteiger partial charge in [-0.15, -0.1) is 0 Å². The monoisotopic (exact) mass is 335 g/mol. The van der Waals surface area contributed by atoms with Crippen LogP contribution in [-0.2, 0) is 13.6 Å². The predicted molar refractivity (Wildman–Crippen MR) is 96.6 cm³/mol. The van der Waals surface area contributed by atoms with Crippen molar-refractivity contribution in [2.24, 2.45) is 7.05 Å². The van der Waals surface area contributed by atoms with E-state index in [-0.39, 0.29) is 5.91 Å². The normalized spacial score (nSPS) is 16.2. The number of amides is 1. The third-order valence-corrected chi connectivity index (χ3v) is 4.55. The van der Waals surface area contributed by atoms with Gasteiger partial charge in [0.15, 0.2) is 0 Å². The van der Waals surface area contributed by atoms with Crippen LogP contribution in [-0.4, -0.2) is 32.5 Å². The number of nitrogens with zero attached hydrogens (tertiary/aromatic N) is 3. The van der Waals surface area contributed by atoms with Crippen LogP contribution in [0.5, 0.6) is 5.75 Å². The highest BCUT2D eigenvalue weighted by Gasteiger charge is 2.31. The molecule has 0 saturated carbocycles. The fraction of sp³-hybridized carbons (Fsp3) is 0.300. The molecule has 2 aromatic carbocycles. The number of ether oxygens (including phenoxy) is 1. The molecule has 0 atom stereocenters. The number of fused-ring (bicyclic) bond motifs is 2. The van der Waals surface area contributed by atoms with Gasteiger partial charge in [0.1, 0.15) is 11.4 Å². The molecule has 0 N–H and O–H groups in total. The van der Waals surface area contributed by atoms with Crippen molar-refractivity contribution in [3.63, 3.8) is 0 Å². The molecule has 1 aliphatic heterocycles. The summed E-state index contributed by atoms with van der Waals surface area (Å²) in [5.74, 6) is 0.851. The lowest BCUT2D eigenvalue weighted by molar-refractivity contribution is 0.0501. The Morgan fingerprint density at radius 2 is 2.00 bits per heavy atom. The largest absolute Gasteiger partial charge is 0.486 e. The summed E-state index contributed by atoms with van der Waals surface area (Å²) in [7, 11) is 1.95. The first kappa shape index (κ1) is 15.7. The third kappa shape index (κ3) is 2.86. The van der Waals surface area contributed by atoms with Crippen LogP contribution in [0.15, 0.2) is 48.8 Å². The van der Waals surface area contributed by atoms with E-state index in [2.05, 4.69) is 4.98 Å². The summed E-state index contributed by atoms with van der Waals surface area (Å²) in [5, 5.41) is 0. The van der Waals surface area contributed by atoms with E-state index in [1.807, 2.05) is 72.8 Å². The van der Waals surface area contributed by atoms with Gasteiger partial charge in [-0.2, -0.15) is 0 Å². The minimum absolute atomic E-state index is 0.000862. The summed E-state index contributed by atoms with van der Waals surface area (Å²) >= 11 is 0. The number of carbonyl (C=O) groups is 1. The van der Waals surface area contributed by atoms with Crippen molar-refractivity contribution in [1.29, 1.82) is 0 Å². The highest BCUT2D eigenvalue weighted by molar-refractivity contribution is 5.97. The Labute approximate surface area is 146 Å². The van der Waals surface area contributed by atoms with Crippen LogP contribution in [0.4, 0.5) is 0 Å². The van der Waals surface area contributed by atoms with Crippen LogP contribution in [0, 0.1) is 0 Å². The van der Waals surface area contributed by atoms with Crippen LogP contribution in [0.2, 0.25) is 0 Å². The molecule has 0 radical (unpaired) electrons. The topological polar surface area (TPSA) is 47.4 Å². The van der Waals surface area contributed by atoms with E-state index in [0.717, 1.165) is 22.3 Å². The number of hydrogen-bond donors (Lipinski definition) is 0. The Balaban J connectivity index is 1.70. The van der Waals surface area contributed by atoms with Gasteiger partial charge in [0, 0.05) is 24.7 Å². The summed E-state index contributed by atoms with van der Waals surface area (Å²) in [6, 6.07) is 13.6. The van der Waals surface area contributed by atoms with Crippen molar-refractivity contribution in [3.8, 4) is 5.75 Å². The maximum Gasteiger partial charge on any atom is 0.254 e. The molecule has 128 valence electrons. The van der Waals surface area contributed by atoms with Gasteiger partial charge in [-0.1, -0.05) is 18.2 Å². The van der Waals surface area contributed by atoms with Crippen molar-refractivity contribution < 1.29 is 9.53 Å². The highest BCUT2D eigenvalue weighted by Crippen LogP contribution is 2.30. The second-order valence-corrected chi connectivity index (χ2v) is 7.19. The van der Waals surface area contributed by atoms with Crippen LogP contribution in [0.25, 0.3) is 11.0 Å². The number of carbonyl (C=O) groups excluding carboxylic acids is 1. The molecule has 5 heteroatoms. The number of benzene rings is 2. The molecule has 0 spiro atoms. The summed E-state index contributed by atoms with van der Waals surface area (Å²) in [6.45, 7) is 5.09. The first-order valence-corrected chi connectivity index (χ1v) is 8.40. The van der Waals surface area contributed by atoms with E-state index >= 15 is 0 Å². The average molecular weight is 335 g/mol. The Morgan fingerprint density at radius 3 is 2.84 bits per heavy atom. The van der Waals surface area contributed by atoms with Crippen molar-refractivity contribution in [2.45, 2.75) is 26.0 Å². The summed E-state index contributed by atoms with van der Waals surface area (Å²) in [5.41, 5.74) is 3.08. The second kappa shape index (κ2) is 5.62. The Bertz CT molecular complexity index is 958. The fourth-order valence-electron chi connectivity index (χ4n) is 3.38. The summed E-state index contributed by atoms with van der Waals surface area (Å²) in [4.78, 5) is 19.4. The third-order valence-electron chi connectivity index (χ3n) is 4.55. The summed E-state index contributed by atoms with van der Waals surface area (Å²) in [6.07, 6.45) is 1.76. The van der Waals surface area contributed by atoms with Crippen LogP contribution < -0.4 is 4.74 Å². The van der Waals surface area contributed by atoms with Gasteiger partial charge in [0.2, 0.25) is 0 Å². The second-order valence-electron chi connectivity index (χ2n) is 7.19. The standard InChI is InChI=1S/C20H21N3O2/c1-20(2)12-23(11-15-6-4-5-7-18(15)25-20)19(24)14-8-9-17-16(10-14)21-13-22(17)3/h4-10,13H,11-12H2,1-3H3. The van der Waals surface area contributed by atoms with Gasteiger partial charge in [-0.25, -0.2) is 4.98 Å².